The van der Waals surface area contributed by atoms with Crippen LogP contribution in [0, 0.1) is 6.92 Å². The lowest BCUT2D eigenvalue weighted by molar-refractivity contribution is -0.133. The van der Waals surface area contributed by atoms with Gasteiger partial charge in [-0.2, -0.15) is 0 Å². The van der Waals surface area contributed by atoms with Crippen LogP contribution in [0.5, 0.6) is 0 Å². The number of aliphatic carboxylic acids is 1. The summed E-state index contributed by atoms with van der Waals surface area (Å²) in [4.78, 5) is 10.6. The van der Waals surface area contributed by atoms with E-state index >= 15 is 0 Å². The zero-order valence-corrected chi connectivity index (χ0v) is 14.0. The molecule has 1 heterocycles. The standard InChI is InChI=1S/C15H27N3O2S/c1-3-4-5-6-7-8-9-10-11-18-13(2)16-17-15(18)21-12-14(19)20/h3-12H2,1-2H3,(H,19,20). The molecule has 0 aromatic carbocycles. The summed E-state index contributed by atoms with van der Waals surface area (Å²) in [6.45, 7) is 5.04. The van der Waals surface area contributed by atoms with Gasteiger partial charge in [-0.15, -0.1) is 10.2 Å². The van der Waals surface area contributed by atoms with E-state index in [4.69, 9.17) is 5.11 Å². The Labute approximate surface area is 131 Å². The van der Waals surface area contributed by atoms with Crippen LogP contribution in [-0.2, 0) is 11.3 Å². The number of aromatic nitrogens is 3. The Morgan fingerprint density at radius 1 is 1.10 bits per heavy atom. The molecule has 5 nitrogen and oxygen atoms in total. The third kappa shape index (κ3) is 7.50. The fourth-order valence-corrected chi connectivity index (χ4v) is 2.99. The summed E-state index contributed by atoms with van der Waals surface area (Å²) in [5, 5.41) is 17.5. The van der Waals surface area contributed by atoms with Gasteiger partial charge in [-0.05, 0) is 13.3 Å². The SMILES string of the molecule is CCCCCCCCCCn1c(C)nnc1SCC(=O)O. The zero-order valence-electron chi connectivity index (χ0n) is 13.2. The minimum atomic E-state index is -0.820. The highest BCUT2D eigenvalue weighted by Gasteiger charge is 2.10. The maximum atomic E-state index is 10.6. The van der Waals surface area contributed by atoms with Gasteiger partial charge < -0.3 is 9.67 Å². The average Bonchev–Trinajstić information content (AvgIpc) is 2.80. The molecule has 0 saturated carbocycles. The van der Waals surface area contributed by atoms with Gasteiger partial charge in [0.05, 0.1) is 5.75 Å². The molecule has 120 valence electrons. The van der Waals surface area contributed by atoms with Crippen molar-refractivity contribution < 1.29 is 9.90 Å². The first kappa shape index (κ1) is 18.0. The van der Waals surface area contributed by atoms with E-state index in [1.54, 1.807) is 0 Å². The Hall–Kier alpha value is -1.04. The van der Waals surface area contributed by atoms with Gasteiger partial charge in [-0.25, -0.2) is 0 Å². The molecule has 6 heteroatoms. The molecule has 0 saturated heterocycles. The van der Waals surface area contributed by atoms with Crippen molar-refractivity contribution >= 4 is 17.7 Å². The Morgan fingerprint density at radius 3 is 2.33 bits per heavy atom. The van der Waals surface area contributed by atoms with Crippen molar-refractivity contribution in [3.8, 4) is 0 Å². The molecule has 1 aromatic heterocycles. The molecule has 0 bridgehead atoms. The second-order valence-electron chi connectivity index (χ2n) is 5.34. The van der Waals surface area contributed by atoms with E-state index in [-0.39, 0.29) is 5.75 Å². The molecule has 0 aliphatic carbocycles. The van der Waals surface area contributed by atoms with Gasteiger partial charge in [0.25, 0.3) is 0 Å². The zero-order chi connectivity index (χ0) is 15.5. The highest BCUT2D eigenvalue weighted by Crippen LogP contribution is 2.18. The predicted octanol–water partition coefficient (Wildman–Crippen LogP) is 3.90. The van der Waals surface area contributed by atoms with Crippen LogP contribution >= 0.6 is 11.8 Å². The highest BCUT2D eigenvalue weighted by atomic mass is 32.2. The minimum absolute atomic E-state index is 0.0373. The molecule has 0 atom stereocenters. The van der Waals surface area contributed by atoms with Crippen molar-refractivity contribution in [1.29, 1.82) is 0 Å². The van der Waals surface area contributed by atoms with Crippen molar-refractivity contribution in [2.24, 2.45) is 0 Å². The number of nitrogens with zero attached hydrogens (tertiary/aromatic N) is 3. The van der Waals surface area contributed by atoms with E-state index < -0.39 is 5.97 Å². The number of hydrogen-bond donors (Lipinski definition) is 1. The average molecular weight is 313 g/mol. The molecule has 1 rings (SSSR count). The molecular weight excluding hydrogens is 286 g/mol. The van der Waals surface area contributed by atoms with Crippen LogP contribution in [-0.4, -0.2) is 31.6 Å². The fraction of sp³-hybridized carbons (Fsp3) is 0.800. The first-order valence-corrected chi connectivity index (χ1v) is 8.88. The van der Waals surface area contributed by atoms with Crippen LogP contribution in [0.25, 0.3) is 0 Å². The quantitative estimate of drug-likeness (QED) is 0.468. The number of hydrogen-bond acceptors (Lipinski definition) is 4. The van der Waals surface area contributed by atoms with Gasteiger partial charge in [0, 0.05) is 6.54 Å². The molecule has 0 aliphatic heterocycles. The molecule has 1 N–H and O–H groups in total. The number of rotatable bonds is 12. The Balaban J connectivity index is 2.22. The molecule has 0 aliphatic rings. The summed E-state index contributed by atoms with van der Waals surface area (Å²) in [7, 11) is 0. The van der Waals surface area contributed by atoms with Gasteiger partial charge in [-0.1, -0.05) is 63.6 Å². The molecule has 0 spiro atoms. The molecule has 0 unspecified atom stereocenters. The van der Waals surface area contributed by atoms with E-state index in [1.165, 1.54) is 56.7 Å². The van der Waals surface area contributed by atoms with E-state index in [0.29, 0.717) is 0 Å². The van der Waals surface area contributed by atoms with Crippen LogP contribution in [0.4, 0.5) is 0 Å². The van der Waals surface area contributed by atoms with Gasteiger partial charge in [0.1, 0.15) is 5.82 Å². The highest BCUT2D eigenvalue weighted by molar-refractivity contribution is 7.99. The third-order valence-electron chi connectivity index (χ3n) is 3.46. The number of carboxylic acid groups (broad SMARTS) is 1. The minimum Gasteiger partial charge on any atom is -0.481 e. The summed E-state index contributed by atoms with van der Waals surface area (Å²) in [5.41, 5.74) is 0. The number of carbonyl (C=O) groups is 1. The second-order valence-corrected chi connectivity index (χ2v) is 6.28. The van der Waals surface area contributed by atoms with Crippen molar-refractivity contribution in [3.63, 3.8) is 0 Å². The molecule has 0 radical (unpaired) electrons. The van der Waals surface area contributed by atoms with E-state index in [0.717, 1.165) is 23.9 Å². The van der Waals surface area contributed by atoms with E-state index in [2.05, 4.69) is 17.1 Å². The summed E-state index contributed by atoms with van der Waals surface area (Å²) in [5.74, 6) is 0.0837. The summed E-state index contributed by atoms with van der Waals surface area (Å²) in [6, 6.07) is 0. The van der Waals surface area contributed by atoms with Crippen LogP contribution < -0.4 is 0 Å². The van der Waals surface area contributed by atoms with Crippen molar-refractivity contribution in [1.82, 2.24) is 14.8 Å². The van der Waals surface area contributed by atoms with Crippen molar-refractivity contribution in [2.45, 2.75) is 76.9 Å². The van der Waals surface area contributed by atoms with Crippen molar-refractivity contribution in [2.75, 3.05) is 5.75 Å². The number of unbranched alkanes of at least 4 members (excludes halogenated alkanes) is 7. The van der Waals surface area contributed by atoms with E-state index in [9.17, 15) is 4.79 Å². The predicted molar refractivity (Wildman–Crippen MR) is 85.7 cm³/mol. The van der Waals surface area contributed by atoms with Gasteiger partial charge in [0.15, 0.2) is 5.16 Å². The van der Waals surface area contributed by atoms with Crippen LogP contribution in [0.1, 0.15) is 64.1 Å². The second kappa shape index (κ2) is 10.7. The first-order valence-electron chi connectivity index (χ1n) is 7.89. The Bertz CT molecular complexity index is 421. The summed E-state index contributed by atoms with van der Waals surface area (Å²) in [6.07, 6.45) is 10.3. The number of aryl methyl sites for hydroxylation is 1. The third-order valence-corrected chi connectivity index (χ3v) is 4.41. The molecule has 0 fully saturated rings. The lowest BCUT2D eigenvalue weighted by Crippen LogP contribution is -2.05. The molecular formula is C15H27N3O2S. The molecule has 0 amide bonds. The summed E-state index contributed by atoms with van der Waals surface area (Å²) < 4.78 is 2.03. The monoisotopic (exact) mass is 313 g/mol. The van der Waals surface area contributed by atoms with E-state index in [1.807, 2.05) is 11.5 Å². The molecule has 1 aromatic rings. The Morgan fingerprint density at radius 2 is 1.71 bits per heavy atom. The number of thioether (sulfide) groups is 1. The first-order chi connectivity index (χ1) is 10.1. The normalized spacial score (nSPS) is 11.0. The van der Waals surface area contributed by atoms with Crippen LogP contribution in [0.15, 0.2) is 5.16 Å². The van der Waals surface area contributed by atoms with Gasteiger partial charge in [-0.3, -0.25) is 4.79 Å². The Kier molecular flexibility index (Phi) is 9.14. The van der Waals surface area contributed by atoms with Crippen LogP contribution in [0.3, 0.4) is 0 Å². The molecule has 21 heavy (non-hydrogen) atoms. The van der Waals surface area contributed by atoms with Crippen LogP contribution in [0.2, 0.25) is 0 Å². The van der Waals surface area contributed by atoms with Gasteiger partial charge in [0.2, 0.25) is 0 Å². The van der Waals surface area contributed by atoms with Crippen molar-refractivity contribution in [3.05, 3.63) is 5.82 Å². The lowest BCUT2D eigenvalue weighted by Gasteiger charge is -2.07. The fourth-order valence-electron chi connectivity index (χ4n) is 2.26. The maximum absolute atomic E-state index is 10.6. The topological polar surface area (TPSA) is 68.0 Å². The lowest BCUT2D eigenvalue weighted by atomic mass is 10.1. The maximum Gasteiger partial charge on any atom is 0.313 e. The smallest absolute Gasteiger partial charge is 0.313 e. The number of carboxylic acids is 1. The largest absolute Gasteiger partial charge is 0.481 e. The summed E-state index contributed by atoms with van der Waals surface area (Å²) >= 11 is 1.24. The van der Waals surface area contributed by atoms with Gasteiger partial charge >= 0.3 is 5.97 Å².